The van der Waals surface area contributed by atoms with Crippen LogP contribution in [0, 0.1) is 0 Å². The van der Waals surface area contributed by atoms with Crippen molar-refractivity contribution in [3.63, 3.8) is 0 Å². The molecule has 0 unspecified atom stereocenters. The number of unbranched alkanes of at least 4 members (excludes halogenated alkanes) is 3. The zero-order valence-corrected chi connectivity index (χ0v) is 15.8. The molecule has 1 rings (SSSR count). The summed E-state index contributed by atoms with van der Waals surface area (Å²) in [6.07, 6.45) is 1.90. The molecule has 0 aliphatic carbocycles. The maximum atomic E-state index is 11.0. The first-order valence-corrected chi connectivity index (χ1v) is 9.19. The molecule has 0 aliphatic heterocycles. The Kier molecular flexibility index (Phi) is 9.36. The van der Waals surface area contributed by atoms with Crippen LogP contribution in [0.4, 0.5) is 0 Å². The number of aliphatic carboxylic acids is 2. The molecule has 0 aromatic heterocycles. The Morgan fingerprint density at radius 1 is 1.08 bits per heavy atom. The van der Waals surface area contributed by atoms with Gasteiger partial charge in [-0.15, -0.1) is 0 Å². The highest BCUT2D eigenvalue weighted by molar-refractivity contribution is 6.35. The van der Waals surface area contributed by atoms with Gasteiger partial charge in [0.2, 0.25) is 0 Å². The zero-order valence-electron chi connectivity index (χ0n) is 14.3. The number of benzene rings is 1. The van der Waals surface area contributed by atoms with Crippen LogP contribution in [0.2, 0.25) is 10.0 Å². The van der Waals surface area contributed by atoms with Crippen molar-refractivity contribution in [2.45, 2.75) is 63.1 Å². The van der Waals surface area contributed by atoms with E-state index in [0.29, 0.717) is 22.9 Å². The van der Waals surface area contributed by atoms with E-state index < -0.39 is 36.5 Å². The molecule has 1 aromatic carbocycles. The molecule has 0 saturated carbocycles. The lowest BCUT2D eigenvalue weighted by molar-refractivity contribution is -0.168. The van der Waals surface area contributed by atoms with Crippen LogP contribution < -0.4 is 0 Å². The average Bonchev–Trinajstić information content (AvgIpc) is 2.51. The quantitative estimate of drug-likeness (QED) is 0.394. The van der Waals surface area contributed by atoms with E-state index in [4.69, 9.17) is 33.4 Å². The van der Waals surface area contributed by atoms with E-state index in [2.05, 4.69) is 0 Å². The Labute approximate surface area is 162 Å². The molecule has 0 spiro atoms. The summed E-state index contributed by atoms with van der Waals surface area (Å²) in [4.78, 5) is 21.7. The summed E-state index contributed by atoms with van der Waals surface area (Å²) in [5.41, 5.74) is -1.42. The Hall–Kier alpha value is -1.34. The Morgan fingerprint density at radius 3 is 2.31 bits per heavy atom. The average molecular weight is 407 g/mol. The Morgan fingerprint density at radius 2 is 1.73 bits per heavy atom. The van der Waals surface area contributed by atoms with Gasteiger partial charge in [0.05, 0.1) is 12.5 Å². The van der Waals surface area contributed by atoms with Gasteiger partial charge in [-0.1, -0.05) is 48.5 Å². The minimum absolute atomic E-state index is 0.302. The van der Waals surface area contributed by atoms with Gasteiger partial charge in [0, 0.05) is 16.5 Å². The predicted molar refractivity (Wildman–Crippen MR) is 98.7 cm³/mol. The van der Waals surface area contributed by atoms with E-state index >= 15 is 0 Å². The van der Waals surface area contributed by atoms with Crippen molar-refractivity contribution in [2.24, 2.45) is 0 Å². The molecule has 8 heteroatoms. The lowest BCUT2D eigenvalue weighted by atomic mass is 9.90. The normalized spacial score (nSPS) is 14.6. The molecule has 0 heterocycles. The van der Waals surface area contributed by atoms with E-state index in [9.17, 15) is 19.8 Å². The molecular weight excluding hydrogens is 383 g/mol. The molecule has 0 saturated heterocycles. The number of carboxylic acids is 2. The smallest absolute Gasteiger partial charge is 0.336 e. The van der Waals surface area contributed by atoms with Crippen LogP contribution in [0.1, 0.15) is 50.5 Å². The van der Waals surface area contributed by atoms with Gasteiger partial charge in [-0.2, -0.15) is 0 Å². The maximum absolute atomic E-state index is 11.0. The highest BCUT2D eigenvalue weighted by Crippen LogP contribution is 2.24. The molecule has 4 N–H and O–H groups in total. The first-order valence-electron chi connectivity index (χ1n) is 8.43. The predicted octanol–water partition coefficient (Wildman–Crippen LogP) is 3.53. The summed E-state index contributed by atoms with van der Waals surface area (Å²) in [5.74, 6) is -3.07. The first kappa shape index (κ1) is 22.7. The molecule has 1 aromatic rings. The standard InChI is InChI=1S/C18H24Cl2O6/c19-13-8-7-12(15(20)9-13)5-3-1-2-4-6-14(21)10-18(26,17(24)25)11-16(22)23/h7-9,14,21,26H,1-6,10-11H2,(H,22,23)(H,24,25)/t14-,18-/m1/s1. The van der Waals surface area contributed by atoms with Gasteiger partial charge >= 0.3 is 11.9 Å². The third kappa shape index (κ3) is 7.91. The summed E-state index contributed by atoms with van der Waals surface area (Å²) in [6, 6.07) is 5.39. The van der Waals surface area contributed by atoms with E-state index in [1.54, 1.807) is 12.1 Å². The van der Waals surface area contributed by atoms with E-state index in [1.165, 1.54) is 0 Å². The van der Waals surface area contributed by atoms with Gasteiger partial charge in [-0.05, 0) is 37.0 Å². The number of halogens is 2. The second kappa shape index (κ2) is 10.7. The highest BCUT2D eigenvalue weighted by atomic mass is 35.5. The molecule has 0 bridgehead atoms. The number of carboxylic acid groups (broad SMARTS) is 2. The molecule has 146 valence electrons. The third-order valence-corrected chi connectivity index (χ3v) is 4.75. The third-order valence-electron chi connectivity index (χ3n) is 4.16. The minimum Gasteiger partial charge on any atom is -0.481 e. The molecule has 26 heavy (non-hydrogen) atoms. The van der Waals surface area contributed by atoms with Gasteiger partial charge in [-0.3, -0.25) is 4.79 Å². The fraction of sp³-hybridized carbons (Fsp3) is 0.556. The second-order valence-corrected chi connectivity index (χ2v) is 7.30. The first-order chi connectivity index (χ1) is 12.1. The zero-order chi connectivity index (χ0) is 19.7. The van der Waals surface area contributed by atoms with E-state index in [0.717, 1.165) is 31.2 Å². The van der Waals surface area contributed by atoms with Gasteiger partial charge < -0.3 is 20.4 Å². The number of aryl methyl sites for hydroxylation is 1. The Bertz CT molecular complexity index is 622. The number of carbonyl (C=O) groups is 2. The molecule has 0 amide bonds. The summed E-state index contributed by atoms with van der Waals surface area (Å²) >= 11 is 12.0. The van der Waals surface area contributed by atoms with Crippen LogP contribution in [-0.2, 0) is 16.0 Å². The fourth-order valence-electron chi connectivity index (χ4n) is 2.75. The summed E-state index contributed by atoms with van der Waals surface area (Å²) in [6.45, 7) is 0. The molecular formula is C18H24Cl2O6. The molecule has 0 aliphatic rings. The van der Waals surface area contributed by atoms with E-state index in [1.807, 2.05) is 6.07 Å². The van der Waals surface area contributed by atoms with Crippen molar-refractivity contribution < 1.29 is 30.0 Å². The van der Waals surface area contributed by atoms with Crippen LogP contribution in [0.15, 0.2) is 18.2 Å². The monoisotopic (exact) mass is 406 g/mol. The van der Waals surface area contributed by atoms with Crippen molar-refractivity contribution in [3.05, 3.63) is 33.8 Å². The van der Waals surface area contributed by atoms with Crippen molar-refractivity contribution in [1.29, 1.82) is 0 Å². The summed E-state index contributed by atoms with van der Waals surface area (Å²) in [5, 5.41) is 38.7. The largest absolute Gasteiger partial charge is 0.481 e. The lowest BCUT2D eigenvalue weighted by Gasteiger charge is -2.24. The van der Waals surface area contributed by atoms with Crippen molar-refractivity contribution in [3.8, 4) is 0 Å². The van der Waals surface area contributed by atoms with Crippen molar-refractivity contribution >= 4 is 35.1 Å². The van der Waals surface area contributed by atoms with Crippen LogP contribution in [0.5, 0.6) is 0 Å². The molecule has 6 nitrogen and oxygen atoms in total. The number of rotatable bonds is 12. The van der Waals surface area contributed by atoms with Gasteiger partial charge in [0.25, 0.3) is 0 Å². The molecule has 0 radical (unpaired) electrons. The maximum Gasteiger partial charge on any atom is 0.336 e. The van der Waals surface area contributed by atoms with E-state index in [-0.39, 0.29) is 0 Å². The van der Waals surface area contributed by atoms with Crippen LogP contribution in [0.25, 0.3) is 0 Å². The number of hydrogen-bond acceptors (Lipinski definition) is 4. The topological polar surface area (TPSA) is 115 Å². The van der Waals surface area contributed by atoms with Crippen molar-refractivity contribution in [1.82, 2.24) is 0 Å². The number of aliphatic hydroxyl groups excluding tert-OH is 1. The number of hydrogen-bond donors (Lipinski definition) is 4. The Balaban J connectivity index is 2.28. The summed E-state index contributed by atoms with van der Waals surface area (Å²) < 4.78 is 0. The van der Waals surface area contributed by atoms with Crippen molar-refractivity contribution in [2.75, 3.05) is 0 Å². The van der Waals surface area contributed by atoms with Gasteiger partial charge in [-0.25, -0.2) is 4.79 Å². The summed E-state index contributed by atoms with van der Waals surface area (Å²) in [7, 11) is 0. The van der Waals surface area contributed by atoms with Crippen LogP contribution >= 0.6 is 23.2 Å². The molecule has 0 fully saturated rings. The van der Waals surface area contributed by atoms with Gasteiger partial charge in [0.1, 0.15) is 0 Å². The fourth-order valence-corrected chi connectivity index (χ4v) is 3.25. The highest BCUT2D eigenvalue weighted by Gasteiger charge is 2.40. The number of aliphatic hydroxyl groups is 2. The van der Waals surface area contributed by atoms with Crippen LogP contribution in [0.3, 0.4) is 0 Å². The lowest BCUT2D eigenvalue weighted by Crippen LogP contribution is -2.43. The minimum atomic E-state index is -2.45. The van der Waals surface area contributed by atoms with Crippen LogP contribution in [-0.4, -0.2) is 44.1 Å². The molecule has 2 atom stereocenters. The SMILES string of the molecule is O=C(O)C[C@](O)(C[C@H](O)CCCCCCc1ccc(Cl)cc1Cl)C(=O)O. The second-order valence-electron chi connectivity index (χ2n) is 6.45. The van der Waals surface area contributed by atoms with Gasteiger partial charge in [0.15, 0.2) is 5.60 Å².